The number of rotatable bonds is 2. The maximum absolute atomic E-state index is 13.0. The van der Waals surface area contributed by atoms with Crippen LogP contribution in [-0.2, 0) is 16.2 Å². The van der Waals surface area contributed by atoms with Crippen molar-refractivity contribution in [2.24, 2.45) is 5.10 Å². The molecule has 0 unspecified atom stereocenters. The number of para-hydroxylation sites is 2. The molecule has 0 saturated heterocycles. The van der Waals surface area contributed by atoms with E-state index in [0.29, 0.717) is 0 Å². The summed E-state index contributed by atoms with van der Waals surface area (Å²) in [4.78, 5) is 12.5. The van der Waals surface area contributed by atoms with Gasteiger partial charge >= 0.3 is 6.18 Å². The second kappa shape index (κ2) is 6.13. The predicted molar refractivity (Wildman–Crippen MR) is 90.6 cm³/mol. The van der Waals surface area contributed by atoms with Gasteiger partial charge in [-0.3, -0.25) is 14.5 Å². The molecule has 1 aliphatic heterocycles. The van der Waals surface area contributed by atoms with E-state index in [1.807, 2.05) is 0 Å². The van der Waals surface area contributed by atoms with E-state index in [2.05, 4.69) is 10.5 Å². The highest BCUT2D eigenvalue weighted by Crippen LogP contribution is 2.35. The summed E-state index contributed by atoms with van der Waals surface area (Å²) >= 11 is 0. The first-order valence-electron chi connectivity index (χ1n) is 7.26. The Hall–Kier alpha value is -2.88. The third-order valence-electron chi connectivity index (χ3n) is 3.80. The van der Waals surface area contributed by atoms with E-state index in [9.17, 15) is 26.4 Å². The second-order valence-electron chi connectivity index (χ2n) is 5.39. The monoisotopic (exact) mass is 383 g/mol. The Morgan fingerprint density at radius 1 is 1.04 bits per heavy atom. The third kappa shape index (κ3) is 2.92. The van der Waals surface area contributed by atoms with Crippen LogP contribution in [0.4, 0.5) is 24.5 Å². The lowest BCUT2D eigenvalue weighted by atomic mass is 10.1. The van der Waals surface area contributed by atoms with Gasteiger partial charge in [0.15, 0.2) is 0 Å². The Bertz CT molecular complexity index is 1020. The number of sulfonamides is 1. The molecule has 0 atom stereocenters. The molecule has 10 heteroatoms. The summed E-state index contributed by atoms with van der Waals surface area (Å²) in [7, 11) is -3.06. The van der Waals surface area contributed by atoms with E-state index in [0.717, 1.165) is 16.4 Å². The molecule has 0 radical (unpaired) electrons. The van der Waals surface area contributed by atoms with E-state index >= 15 is 0 Å². The number of fused-ring (bicyclic) bond motifs is 1. The van der Waals surface area contributed by atoms with E-state index in [1.54, 1.807) is 12.1 Å². The number of Topliss-reactive ketones (excluding diaryl/α,β-unsaturated/α-hetero) is 1. The summed E-state index contributed by atoms with van der Waals surface area (Å²) in [5, 5.41) is 2.62. The van der Waals surface area contributed by atoms with Gasteiger partial charge in [-0.25, -0.2) is 0 Å². The molecule has 1 N–H and O–H groups in total. The number of carbonyl (C=O) groups excluding carboxylic acids is 1. The highest BCUT2D eigenvalue weighted by molar-refractivity contribution is 8.09. The summed E-state index contributed by atoms with van der Waals surface area (Å²) in [6, 6.07) is 10.4. The second-order valence-corrected chi connectivity index (χ2v) is 7.28. The summed E-state index contributed by atoms with van der Waals surface area (Å²) in [6.45, 7) is 0. The van der Waals surface area contributed by atoms with Crippen molar-refractivity contribution >= 4 is 32.2 Å². The van der Waals surface area contributed by atoms with E-state index < -0.39 is 38.3 Å². The number of anilines is 2. The standard InChI is InChI=1S/C16H12F3N3O3S/c1-22-13-9-5-2-6-10(13)14(23)15(26(22,24)25)21-20-12-8-4-3-7-11(12)16(17,18)19/h2-9,20H,1H3. The van der Waals surface area contributed by atoms with Gasteiger partial charge < -0.3 is 0 Å². The lowest BCUT2D eigenvalue weighted by molar-refractivity contribution is -0.136. The first kappa shape index (κ1) is 17.9. The van der Waals surface area contributed by atoms with Gasteiger partial charge in [0.1, 0.15) is 0 Å². The largest absolute Gasteiger partial charge is 0.418 e. The van der Waals surface area contributed by atoms with Crippen molar-refractivity contribution in [3.05, 3.63) is 59.7 Å². The zero-order chi connectivity index (χ0) is 19.1. The first-order valence-corrected chi connectivity index (χ1v) is 8.70. The van der Waals surface area contributed by atoms with Gasteiger partial charge in [-0.05, 0) is 24.3 Å². The molecule has 2 aromatic carbocycles. The number of ketones is 1. The van der Waals surface area contributed by atoms with Crippen LogP contribution in [0.5, 0.6) is 0 Å². The van der Waals surface area contributed by atoms with Crippen molar-refractivity contribution in [2.75, 3.05) is 16.8 Å². The first-order chi connectivity index (χ1) is 12.1. The van der Waals surface area contributed by atoms with Gasteiger partial charge in [0.2, 0.25) is 10.8 Å². The fraction of sp³-hybridized carbons (Fsp3) is 0.125. The quantitative estimate of drug-likeness (QED) is 0.809. The molecule has 3 rings (SSSR count). The molecule has 1 aliphatic rings. The molecule has 0 bridgehead atoms. The van der Waals surface area contributed by atoms with Crippen molar-refractivity contribution in [1.29, 1.82) is 0 Å². The van der Waals surface area contributed by atoms with Crippen molar-refractivity contribution in [1.82, 2.24) is 0 Å². The molecule has 0 aliphatic carbocycles. The van der Waals surface area contributed by atoms with Crippen LogP contribution in [0.3, 0.4) is 0 Å². The minimum Gasteiger partial charge on any atom is -0.286 e. The predicted octanol–water partition coefficient (Wildman–Crippen LogP) is 3.09. The average molecular weight is 383 g/mol. The van der Waals surface area contributed by atoms with Crippen molar-refractivity contribution in [3.63, 3.8) is 0 Å². The smallest absolute Gasteiger partial charge is 0.286 e. The minimum absolute atomic E-state index is 0.0921. The molecule has 2 aromatic rings. The van der Waals surface area contributed by atoms with E-state index in [-0.39, 0.29) is 11.3 Å². The number of nitrogens with one attached hydrogen (secondary N) is 1. The van der Waals surface area contributed by atoms with Gasteiger partial charge in [0.25, 0.3) is 10.0 Å². The molecule has 0 spiro atoms. The summed E-state index contributed by atoms with van der Waals surface area (Å²) in [5.41, 5.74) is 0.844. The third-order valence-corrected chi connectivity index (χ3v) is 5.48. The molecule has 0 aromatic heterocycles. The Labute approximate surface area is 147 Å². The maximum atomic E-state index is 13.0. The van der Waals surface area contributed by atoms with Gasteiger partial charge in [-0.1, -0.05) is 24.3 Å². The molecule has 0 fully saturated rings. The van der Waals surface area contributed by atoms with Crippen LogP contribution in [0.25, 0.3) is 0 Å². The van der Waals surface area contributed by atoms with Crippen molar-refractivity contribution in [2.45, 2.75) is 6.18 Å². The van der Waals surface area contributed by atoms with Crippen LogP contribution >= 0.6 is 0 Å². The normalized spacial score (nSPS) is 17.9. The topological polar surface area (TPSA) is 78.8 Å². The fourth-order valence-electron chi connectivity index (χ4n) is 2.48. The fourth-order valence-corrected chi connectivity index (χ4v) is 3.66. The van der Waals surface area contributed by atoms with Gasteiger partial charge in [0.05, 0.1) is 16.9 Å². The lowest BCUT2D eigenvalue weighted by Gasteiger charge is -2.26. The zero-order valence-electron chi connectivity index (χ0n) is 13.3. The molecule has 0 saturated carbocycles. The highest BCUT2D eigenvalue weighted by atomic mass is 32.2. The molecular formula is C16H12F3N3O3S. The minimum atomic E-state index is -4.66. The number of alkyl halides is 3. The van der Waals surface area contributed by atoms with E-state index in [1.165, 1.54) is 31.3 Å². The van der Waals surface area contributed by atoms with Crippen LogP contribution in [0.15, 0.2) is 53.6 Å². The Kier molecular flexibility index (Phi) is 4.23. The van der Waals surface area contributed by atoms with Crippen LogP contribution in [0.2, 0.25) is 0 Å². The SMILES string of the molecule is CN1c2ccccc2C(=O)C(=NNc2ccccc2C(F)(F)F)S1(=O)=O. The number of halogens is 3. The van der Waals surface area contributed by atoms with Gasteiger partial charge in [0, 0.05) is 12.6 Å². The van der Waals surface area contributed by atoms with Gasteiger partial charge in [-0.2, -0.15) is 26.7 Å². The average Bonchev–Trinajstić information content (AvgIpc) is 2.59. The molecule has 136 valence electrons. The number of nitrogens with zero attached hydrogens (tertiary/aromatic N) is 2. The Morgan fingerprint density at radius 3 is 2.35 bits per heavy atom. The van der Waals surface area contributed by atoms with Crippen molar-refractivity contribution in [3.8, 4) is 0 Å². The summed E-state index contributed by atoms with van der Waals surface area (Å²) < 4.78 is 64.9. The van der Waals surface area contributed by atoms with Gasteiger partial charge in [-0.15, -0.1) is 0 Å². The van der Waals surface area contributed by atoms with Crippen molar-refractivity contribution < 1.29 is 26.4 Å². The number of hydrogen-bond donors (Lipinski definition) is 1. The van der Waals surface area contributed by atoms with Crippen LogP contribution in [-0.4, -0.2) is 26.3 Å². The van der Waals surface area contributed by atoms with E-state index in [4.69, 9.17) is 0 Å². The summed E-state index contributed by atoms with van der Waals surface area (Å²) in [6.07, 6.45) is -4.66. The molecule has 1 heterocycles. The Morgan fingerprint density at radius 2 is 1.65 bits per heavy atom. The van der Waals surface area contributed by atoms with Crippen LogP contribution in [0.1, 0.15) is 15.9 Å². The maximum Gasteiger partial charge on any atom is 0.418 e. The number of benzene rings is 2. The zero-order valence-corrected chi connectivity index (χ0v) is 14.1. The molecule has 26 heavy (non-hydrogen) atoms. The highest BCUT2D eigenvalue weighted by Gasteiger charge is 2.40. The number of hydrogen-bond acceptors (Lipinski definition) is 5. The van der Waals surface area contributed by atoms with Crippen LogP contribution < -0.4 is 9.73 Å². The number of carbonyl (C=O) groups is 1. The molecular weight excluding hydrogens is 371 g/mol. The lowest BCUT2D eigenvalue weighted by Crippen LogP contribution is -2.43. The number of hydrazone groups is 1. The Balaban J connectivity index is 2.07. The van der Waals surface area contributed by atoms with Crippen LogP contribution in [0, 0.1) is 0 Å². The summed E-state index contributed by atoms with van der Waals surface area (Å²) in [5.74, 6) is -0.893. The molecule has 6 nitrogen and oxygen atoms in total. The molecule has 0 amide bonds.